The Balaban J connectivity index is 1.76. The van der Waals surface area contributed by atoms with E-state index in [0.717, 1.165) is 11.1 Å². The van der Waals surface area contributed by atoms with Gasteiger partial charge in [-0.2, -0.15) is 0 Å². The molecule has 0 saturated carbocycles. The highest BCUT2D eigenvalue weighted by atomic mass is 35.5. The molecule has 1 aliphatic heterocycles. The summed E-state index contributed by atoms with van der Waals surface area (Å²) >= 11 is 6.12. The minimum atomic E-state index is -3.73. The minimum Gasteiger partial charge on any atom is -0.298 e. The maximum Gasteiger partial charge on any atom is 0.249 e. The van der Waals surface area contributed by atoms with Crippen molar-refractivity contribution in [3.05, 3.63) is 77.5 Å². The first-order valence-electron chi connectivity index (χ1n) is 6.79. The monoisotopic (exact) mass is 334 g/mol. The standard InChI is InChI=1S/C16H15ClN2O2S/c17-16(14-7-2-1-3-8-14)22(20,21)18-19-11-10-13-6-4-5-9-15(13)12-19/h1-11,16,18H,12H2. The molecule has 2 aromatic rings. The van der Waals surface area contributed by atoms with E-state index in [0.29, 0.717) is 12.1 Å². The third-order valence-electron chi connectivity index (χ3n) is 3.41. The summed E-state index contributed by atoms with van der Waals surface area (Å²) in [5.74, 6) is 0. The van der Waals surface area contributed by atoms with Crippen LogP contribution in [0.1, 0.15) is 21.4 Å². The first-order chi connectivity index (χ1) is 10.6. The Morgan fingerprint density at radius 3 is 2.50 bits per heavy atom. The molecular weight excluding hydrogens is 320 g/mol. The van der Waals surface area contributed by atoms with E-state index in [1.165, 1.54) is 5.01 Å². The van der Waals surface area contributed by atoms with E-state index in [-0.39, 0.29) is 0 Å². The topological polar surface area (TPSA) is 49.4 Å². The normalized spacial score (nSPS) is 15.4. The van der Waals surface area contributed by atoms with E-state index in [4.69, 9.17) is 11.6 Å². The number of hydrogen-bond donors (Lipinski definition) is 1. The quantitative estimate of drug-likeness (QED) is 0.873. The van der Waals surface area contributed by atoms with Crippen molar-refractivity contribution < 1.29 is 8.42 Å². The van der Waals surface area contributed by atoms with Gasteiger partial charge in [-0.3, -0.25) is 5.01 Å². The van der Waals surface area contributed by atoms with Gasteiger partial charge in [0.1, 0.15) is 0 Å². The Morgan fingerprint density at radius 2 is 1.73 bits per heavy atom. The molecule has 3 rings (SSSR count). The number of nitrogens with zero attached hydrogens (tertiary/aromatic N) is 1. The molecule has 0 amide bonds. The smallest absolute Gasteiger partial charge is 0.249 e. The summed E-state index contributed by atoms with van der Waals surface area (Å²) in [6.07, 6.45) is 3.57. The van der Waals surface area contributed by atoms with Crippen LogP contribution in [0.5, 0.6) is 0 Å². The van der Waals surface area contributed by atoms with Crippen LogP contribution in [-0.2, 0) is 16.6 Å². The number of rotatable bonds is 4. The molecule has 0 aliphatic carbocycles. The largest absolute Gasteiger partial charge is 0.298 e. The van der Waals surface area contributed by atoms with E-state index in [2.05, 4.69) is 4.83 Å². The van der Waals surface area contributed by atoms with Gasteiger partial charge in [-0.15, -0.1) is 4.83 Å². The van der Waals surface area contributed by atoms with Gasteiger partial charge < -0.3 is 0 Å². The lowest BCUT2D eigenvalue weighted by Crippen LogP contribution is -2.40. The maximum atomic E-state index is 12.4. The second kappa shape index (κ2) is 6.12. The fourth-order valence-corrected chi connectivity index (χ4v) is 3.63. The fourth-order valence-electron chi connectivity index (χ4n) is 2.30. The first-order valence-corrected chi connectivity index (χ1v) is 8.77. The number of hydrazine groups is 1. The van der Waals surface area contributed by atoms with Crippen LogP contribution in [0.4, 0.5) is 0 Å². The molecule has 114 valence electrons. The molecule has 2 aromatic carbocycles. The Morgan fingerprint density at radius 1 is 1.05 bits per heavy atom. The number of benzene rings is 2. The molecule has 0 saturated heterocycles. The van der Waals surface area contributed by atoms with Gasteiger partial charge in [-0.1, -0.05) is 66.2 Å². The number of hydrogen-bond acceptors (Lipinski definition) is 3. The molecular formula is C16H15ClN2O2S. The van der Waals surface area contributed by atoms with Crippen molar-refractivity contribution in [2.45, 2.75) is 11.3 Å². The molecule has 6 heteroatoms. The molecule has 22 heavy (non-hydrogen) atoms. The fraction of sp³-hybridized carbons (Fsp3) is 0.125. The second-order valence-corrected chi connectivity index (χ2v) is 7.44. The van der Waals surface area contributed by atoms with Gasteiger partial charge in [0.2, 0.25) is 10.0 Å². The van der Waals surface area contributed by atoms with Crippen LogP contribution in [0, 0.1) is 0 Å². The zero-order valence-electron chi connectivity index (χ0n) is 11.7. The summed E-state index contributed by atoms with van der Waals surface area (Å²) < 4.78 is 23.6. The zero-order valence-corrected chi connectivity index (χ0v) is 13.3. The lowest BCUT2D eigenvalue weighted by Gasteiger charge is -2.26. The van der Waals surface area contributed by atoms with E-state index >= 15 is 0 Å². The molecule has 0 spiro atoms. The highest BCUT2D eigenvalue weighted by Gasteiger charge is 2.27. The van der Waals surface area contributed by atoms with E-state index in [1.807, 2.05) is 36.4 Å². The molecule has 1 unspecified atom stereocenters. The van der Waals surface area contributed by atoms with Crippen molar-refractivity contribution >= 4 is 27.7 Å². The van der Waals surface area contributed by atoms with Gasteiger partial charge in [0.25, 0.3) is 0 Å². The Kier molecular flexibility index (Phi) is 4.20. The number of nitrogens with one attached hydrogen (secondary N) is 1. The van der Waals surface area contributed by atoms with Crippen molar-refractivity contribution in [2.75, 3.05) is 0 Å². The summed E-state index contributed by atoms with van der Waals surface area (Å²) in [6.45, 7) is 0.463. The van der Waals surface area contributed by atoms with Crippen molar-refractivity contribution in [1.82, 2.24) is 9.84 Å². The van der Waals surface area contributed by atoms with Gasteiger partial charge in [0.15, 0.2) is 4.71 Å². The first kappa shape index (κ1) is 15.1. The molecule has 4 nitrogen and oxygen atoms in total. The summed E-state index contributed by atoms with van der Waals surface area (Å²) in [5.41, 5.74) is 2.68. The number of alkyl halides is 1. The predicted octanol–water partition coefficient (Wildman–Crippen LogP) is 3.24. The van der Waals surface area contributed by atoms with Crippen LogP contribution >= 0.6 is 11.6 Å². The zero-order chi connectivity index (χ0) is 15.6. The predicted molar refractivity (Wildman–Crippen MR) is 88.1 cm³/mol. The average Bonchev–Trinajstić information content (AvgIpc) is 2.54. The SMILES string of the molecule is O=S(=O)(NN1C=Cc2ccccc2C1)C(Cl)c1ccccc1. The van der Waals surface area contributed by atoms with Crippen molar-refractivity contribution in [3.63, 3.8) is 0 Å². The summed E-state index contributed by atoms with van der Waals surface area (Å²) in [6, 6.07) is 16.6. The highest BCUT2D eigenvalue weighted by molar-refractivity contribution is 7.90. The van der Waals surface area contributed by atoms with Crippen LogP contribution in [0.3, 0.4) is 0 Å². The summed E-state index contributed by atoms with van der Waals surface area (Å²) in [5, 5.41) is 1.52. The third kappa shape index (κ3) is 3.16. The van der Waals surface area contributed by atoms with Crippen LogP contribution in [0.25, 0.3) is 6.08 Å². The number of sulfonamides is 1. The molecule has 0 aromatic heterocycles. The van der Waals surface area contributed by atoms with Gasteiger partial charge >= 0.3 is 0 Å². The summed E-state index contributed by atoms with van der Waals surface area (Å²) in [4.78, 5) is 2.52. The molecule has 0 radical (unpaired) electrons. The molecule has 1 atom stereocenters. The van der Waals surface area contributed by atoms with Crippen LogP contribution in [0.2, 0.25) is 0 Å². The second-order valence-electron chi connectivity index (χ2n) is 5.01. The lowest BCUT2D eigenvalue weighted by atomic mass is 10.1. The van der Waals surface area contributed by atoms with Crippen molar-refractivity contribution in [3.8, 4) is 0 Å². The Labute approximate surface area is 135 Å². The highest BCUT2D eigenvalue weighted by Crippen LogP contribution is 2.27. The van der Waals surface area contributed by atoms with Crippen molar-refractivity contribution in [1.29, 1.82) is 0 Å². The molecule has 1 N–H and O–H groups in total. The number of halogens is 1. The Hall–Kier alpha value is -1.82. The van der Waals surface area contributed by atoms with Gasteiger partial charge in [0.05, 0.1) is 6.54 Å². The number of fused-ring (bicyclic) bond motifs is 1. The van der Waals surface area contributed by atoms with Crippen LogP contribution in [-0.4, -0.2) is 13.4 Å². The third-order valence-corrected chi connectivity index (χ3v) is 5.67. The minimum absolute atomic E-state index is 0.463. The Bertz CT molecular complexity index is 791. The molecule has 0 bridgehead atoms. The molecule has 0 fully saturated rings. The average molecular weight is 335 g/mol. The van der Waals surface area contributed by atoms with Crippen LogP contribution < -0.4 is 4.83 Å². The lowest BCUT2D eigenvalue weighted by molar-refractivity contribution is 0.326. The molecule has 1 heterocycles. The summed E-state index contributed by atoms with van der Waals surface area (Å²) in [7, 11) is -3.73. The molecule has 1 aliphatic rings. The van der Waals surface area contributed by atoms with Gasteiger partial charge in [-0.25, -0.2) is 8.42 Å². The maximum absolute atomic E-state index is 12.4. The van der Waals surface area contributed by atoms with E-state index < -0.39 is 14.7 Å². The van der Waals surface area contributed by atoms with Gasteiger partial charge in [-0.05, 0) is 22.8 Å². The van der Waals surface area contributed by atoms with Crippen molar-refractivity contribution in [2.24, 2.45) is 0 Å². The van der Waals surface area contributed by atoms with E-state index in [1.54, 1.807) is 30.5 Å². The van der Waals surface area contributed by atoms with Gasteiger partial charge in [0, 0.05) is 6.20 Å². The van der Waals surface area contributed by atoms with Crippen LogP contribution in [0.15, 0.2) is 60.8 Å². The van der Waals surface area contributed by atoms with E-state index in [9.17, 15) is 8.42 Å².